The Labute approximate surface area is 127 Å². The van der Waals surface area contributed by atoms with Crippen molar-refractivity contribution in [1.82, 2.24) is 9.97 Å². The van der Waals surface area contributed by atoms with Crippen molar-refractivity contribution in [3.05, 3.63) is 56.0 Å². The molecule has 0 fully saturated rings. The number of carbonyl (C=O) groups is 1. The molecule has 22 heavy (non-hydrogen) atoms. The predicted molar refractivity (Wildman–Crippen MR) is 81.6 cm³/mol. The largest absolute Gasteiger partial charge is 0.426 e. The van der Waals surface area contributed by atoms with Gasteiger partial charge in [-0.05, 0) is 24.6 Å². The summed E-state index contributed by atoms with van der Waals surface area (Å²) in [7, 11) is 0. The maximum Gasteiger partial charge on any atom is 0.327 e. The van der Waals surface area contributed by atoms with E-state index in [0.717, 1.165) is 11.3 Å². The van der Waals surface area contributed by atoms with Gasteiger partial charge in [0.25, 0.3) is 5.56 Å². The van der Waals surface area contributed by atoms with Crippen LogP contribution < -0.4 is 10.3 Å². The van der Waals surface area contributed by atoms with E-state index in [-0.39, 0.29) is 16.3 Å². The second-order valence-corrected chi connectivity index (χ2v) is 5.42. The summed E-state index contributed by atoms with van der Waals surface area (Å²) in [6, 6.07) is 8.85. The summed E-state index contributed by atoms with van der Waals surface area (Å²) in [5.41, 5.74) is -0.0424. The number of aromatic nitrogens is 2. The molecule has 0 aliphatic carbocycles. The first-order valence-corrected chi connectivity index (χ1v) is 7.06. The molecule has 1 N–H and O–H groups in total. The number of para-hydroxylation sites is 1. The van der Waals surface area contributed by atoms with Crippen molar-refractivity contribution in [2.75, 3.05) is 0 Å². The Hall–Kier alpha value is -2.87. The summed E-state index contributed by atoms with van der Waals surface area (Å²) < 4.78 is 5.47. The molecular weight excluding hydrogens is 306 g/mol. The van der Waals surface area contributed by atoms with Gasteiger partial charge in [-0.2, -0.15) is 4.98 Å². The van der Waals surface area contributed by atoms with E-state index in [2.05, 4.69) is 15.1 Å². The molecule has 0 saturated carbocycles. The summed E-state index contributed by atoms with van der Waals surface area (Å²) >= 11 is 0.941. The van der Waals surface area contributed by atoms with Gasteiger partial charge in [0, 0.05) is 5.18 Å². The first-order valence-electron chi connectivity index (χ1n) is 6.24. The first kappa shape index (κ1) is 14.1. The maximum absolute atomic E-state index is 12.1. The number of hydrogen-bond acceptors (Lipinski definition) is 6. The normalized spacial score (nSPS) is 10.6. The number of benzene rings is 1. The number of fused-ring (bicyclic) bond motifs is 1. The Morgan fingerprint density at radius 1 is 1.32 bits per heavy atom. The second kappa shape index (κ2) is 5.49. The number of ether oxygens (including phenoxy) is 1. The monoisotopic (exact) mass is 315 g/mol. The molecule has 2 heterocycles. The third kappa shape index (κ3) is 2.40. The van der Waals surface area contributed by atoms with E-state index in [1.165, 1.54) is 0 Å². The Morgan fingerprint density at radius 3 is 2.73 bits per heavy atom. The van der Waals surface area contributed by atoms with Gasteiger partial charge in [-0.25, -0.2) is 0 Å². The molecule has 2 aromatic heterocycles. The third-order valence-corrected chi connectivity index (χ3v) is 4.19. The van der Waals surface area contributed by atoms with E-state index < -0.39 is 11.5 Å². The molecular formula is C14H9N3O4S. The SMILES string of the molecule is Cc1c(C(=O)N=O)sc2nc(Oc3ccccc3)[nH]c(=O)c12. The van der Waals surface area contributed by atoms with Crippen LogP contribution >= 0.6 is 11.3 Å². The van der Waals surface area contributed by atoms with Crippen LogP contribution in [0.5, 0.6) is 11.8 Å². The highest BCUT2D eigenvalue weighted by Crippen LogP contribution is 2.29. The number of carbonyl (C=O) groups excluding carboxylic acids is 1. The van der Waals surface area contributed by atoms with E-state index in [4.69, 9.17) is 4.74 Å². The topological polar surface area (TPSA) is 101 Å². The van der Waals surface area contributed by atoms with Gasteiger partial charge in [0.2, 0.25) is 0 Å². The van der Waals surface area contributed by atoms with Gasteiger partial charge < -0.3 is 4.74 Å². The predicted octanol–water partition coefficient (Wildman–Crippen LogP) is 2.99. The molecule has 0 radical (unpaired) electrons. The van der Waals surface area contributed by atoms with Crippen LogP contribution in [0.1, 0.15) is 15.2 Å². The van der Waals surface area contributed by atoms with E-state index in [9.17, 15) is 14.5 Å². The summed E-state index contributed by atoms with van der Waals surface area (Å²) in [4.78, 5) is 41.1. The Balaban J connectivity index is 2.11. The standard InChI is InChI=1S/C14H9N3O4S/c1-7-9-11(18)15-14(21-8-5-3-2-4-6-8)16-13(9)22-10(7)12(19)17-20/h2-6H,1H3,(H,15,16,18). The lowest BCUT2D eigenvalue weighted by Gasteiger charge is -2.03. The highest BCUT2D eigenvalue weighted by atomic mass is 32.1. The number of H-pyrrole nitrogens is 1. The number of nitroso groups, excluding NO2 is 1. The molecule has 0 spiro atoms. The van der Waals surface area contributed by atoms with Crippen molar-refractivity contribution in [2.45, 2.75) is 6.92 Å². The number of amides is 1. The molecule has 0 unspecified atom stereocenters. The van der Waals surface area contributed by atoms with Gasteiger partial charge in [0.05, 0.1) is 5.39 Å². The molecule has 0 aliphatic heterocycles. The molecule has 8 heteroatoms. The highest BCUT2D eigenvalue weighted by Gasteiger charge is 2.20. The summed E-state index contributed by atoms with van der Waals surface area (Å²) in [6.45, 7) is 1.58. The van der Waals surface area contributed by atoms with Crippen LogP contribution in [0.4, 0.5) is 0 Å². The zero-order chi connectivity index (χ0) is 15.7. The molecule has 0 aliphatic rings. The van der Waals surface area contributed by atoms with E-state index in [1.54, 1.807) is 31.2 Å². The molecule has 3 rings (SSSR count). The van der Waals surface area contributed by atoms with Crippen LogP contribution in [0.3, 0.4) is 0 Å². The minimum absolute atomic E-state index is 0.0167. The van der Waals surface area contributed by atoms with Gasteiger partial charge in [-0.1, -0.05) is 18.2 Å². The molecule has 1 aromatic carbocycles. The second-order valence-electron chi connectivity index (χ2n) is 4.42. The van der Waals surface area contributed by atoms with Gasteiger partial charge in [-0.3, -0.25) is 14.6 Å². The molecule has 3 aromatic rings. The lowest BCUT2D eigenvalue weighted by Crippen LogP contribution is -2.09. The molecule has 7 nitrogen and oxygen atoms in total. The summed E-state index contributed by atoms with van der Waals surface area (Å²) in [5, 5.41) is 2.65. The maximum atomic E-state index is 12.1. The number of aryl methyl sites for hydroxylation is 1. The minimum Gasteiger partial charge on any atom is -0.426 e. The van der Waals surface area contributed by atoms with Crippen LogP contribution in [0.25, 0.3) is 10.2 Å². The average molecular weight is 315 g/mol. The van der Waals surface area contributed by atoms with Crippen LogP contribution in [0, 0.1) is 11.8 Å². The molecule has 110 valence electrons. The number of aromatic amines is 1. The highest BCUT2D eigenvalue weighted by molar-refractivity contribution is 7.20. The van der Waals surface area contributed by atoms with Crippen LogP contribution in [0.15, 0.2) is 40.3 Å². The lowest BCUT2D eigenvalue weighted by molar-refractivity contribution is 0.100. The van der Waals surface area contributed by atoms with Gasteiger partial charge >= 0.3 is 11.9 Å². The van der Waals surface area contributed by atoms with E-state index in [0.29, 0.717) is 16.1 Å². The fraction of sp³-hybridized carbons (Fsp3) is 0.0714. The van der Waals surface area contributed by atoms with Crippen molar-refractivity contribution in [3.63, 3.8) is 0 Å². The lowest BCUT2D eigenvalue weighted by atomic mass is 10.2. The Bertz CT molecular complexity index is 930. The third-order valence-electron chi connectivity index (χ3n) is 3.01. The molecule has 1 amide bonds. The zero-order valence-electron chi connectivity index (χ0n) is 11.3. The summed E-state index contributed by atoms with van der Waals surface area (Å²) in [6.07, 6.45) is 0. The van der Waals surface area contributed by atoms with E-state index >= 15 is 0 Å². The van der Waals surface area contributed by atoms with Crippen LogP contribution in [-0.2, 0) is 0 Å². The quantitative estimate of drug-likeness (QED) is 0.749. The van der Waals surface area contributed by atoms with Crippen LogP contribution in [0.2, 0.25) is 0 Å². The first-order chi connectivity index (χ1) is 10.6. The Kier molecular flexibility index (Phi) is 3.51. The fourth-order valence-electron chi connectivity index (χ4n) is 2.02. The van der Waals surface area contributed by atoms with Crippen molar-refractivity contribution in [3.8, 4) is 11.8 Å². The van der Waals surface area contributed by atoms with Crippen molar-refractivity contribution < 1.29 is 9.53 Å². The smallest absolute Gasteiger partial charge is 0.327 e. The number of nitrogens with zero attached hydrogens (tertiary/aromatic N) is 2. The van der Waals surface area contributed by atoms with Crippen molar-refractivity contribution in [2.24, 2.45) is 5.18 Å². The fourth-order valence-corrected chi connectivity index (χ4v) is 3.07. The average Bonchev–Trinajstić information content (AvgIpc) is 2.85. The molecule has 0 saturated heterocycles. The summed E-state index contributed by atoms with van der Waals surface area (Å²) in [5.74, 6) is -0.394. The van der Waals surface area contributed by atoms with E-state index in [1.807, 2.05) is 6.07 Å². The Morgan fingerprint density at radius 2 is 2.05 bits per heavy atom. The number of nitrogens with one attached hydrogen (secondary N) is 1. The number of thiophene rings is 1. The number of rotatable bonds is 3. The van der Waals surface area contributed by atoms with Crippen molar-refractivity contribution >= 4 is 27.5 Å². The molecule has 0 atom stereocenters. The molecule has 0 bridgehead atoms. The van der Waals surface area contributed by atoms with Crippen molar-refractivity contribution in [1.29, 1.82) is 0 Å². The van der Waals surface area contributed by atoms with Gasteiger partial charge in [0.15, 0.2) is 0 Å². The number of hydrogen-bond donors (Lipinski definition) is 1. The van der Waals surface area contributed by atoms with Gasteiger partial charge in [-0.15, -0.1) is 16.2 Å². The zero-order valence-corrected chi connectivity index (χ0v) is 12.1. The minimum atomic E-state index is -0.912. The van der Waals surface area contributed by atoms with Gasteiger partial charge in [0.1, 0.15) is 15.5 Å². The van der Waals surface area contributed by atoms with Crippen LogP contribution in [-0.4, -0.2) is 15.9 Å².